The van der Waals surface area contributed by atoms with Gasteiger partial charge in [-0.1, -0.05) is 54.5 Å². The van der Waals surface area contributed by atoms with Crippen LogP contribution in [0.25, 0.3) is 0 Å². The number of amides is 2. The van der Waals surface area contributed by atoms with E-state index in [0.717, 1.165) is 11.1 Å². The molecule has 0 unspecified atom stereocenters. The average molecular weight is 292 g/mol. The molecule has 0 fully saturated rings. The summed E-state index contributed by atoms with van der Waals surface area (Å²) in [4.78, 5) is 12.0. The van der Waals surface area contributed by atoms with Crippen LogP contribution in [0.2, 0.25) is 0 Å². The van der Waals surface area contributed by atoms with Gasteiger partial charge >= 0.3 is 6.03 Å². The first-order chi connectivity index (χ1) is 10.6. The van der Waals surface area contributed by atoms with Gasteiger partial charge in [0, 0.05) is 0 Å². The van der Waals surface area contributed by atoms with Crippen LogP contribution in [0.4, 0.5) is 4.79 Å². The van der Waals surface area contributed by atoms with Gasteiger partial charge in [-0.2, -0.15) is 0 Å². The minimum absolute atomic E-state index is 0.209. The van der Waals surface area contributed by atoms with Crippen molar-refractivity contribution in [3.8, 4) is 12.3 Å². The number of hydrogen-bond acceptors (Lipinski definition) is 1. The molecule has 0 radical (unpaired) electrons. The van der Waals surface area contributed by atoms with Crippen molar-refractivity contribution in [2.45, 2.75) is 19.9 Å². The van der Waals surface area contributed by atoms with E-state index in [2.05, 4.69) is 42.5 Å². The Balaban J connectivity index is 2.31. The number of aryl methyl sites for hydroxylation is 2. The van der Waals surface area contributed by atoms with E-state index in [9.17, 15) is 4.79 Å². The minimum Gasteiger partial charge on any atom is -0.327 e. The molecule has 0 spiro atoms. The SMILES string of the molecule is C#CCNC(=O)N[C@@H](c1ccccc1)c1ccc(C)c(C)c1. The summed E-state index contributed by atoms with van der Waals surface area (Å²) in [7, 11) is 0. The molecule has 2 N–H and O–H groups in total. The molecule has 0 saturated heterocycles. The first-order valence-corrected chi connectivity index (χ1v) is 7.21. The van der Waals surface area contributed by atoms with Crippen molar-refractivity contribution >= 4 is 6.03 Å². The highest BCUT2D eigenvalue weighted by Gasteiger charge is 2.16. The fourth-order valence-electron chi connectivity index (χ4n) is 2.26. The van der Waals surface area contributed by atoms with Crippen LogP contribution < -0.4 is 10.6 Å². The summed E-state index contributed by atoms with van der Waals surface area (Å²) >= 11 is 0. The molecule has 0 aliphatic rings. The summed E-state index contributed by atoms with van der Waals surface area (Å²) in [6.07, 6.45) is 5.17. The Bertz CT molecular complexity index is 686. The molecule has 3 heteroatoms. The van der Waals surface area contributed by atoms with Crippen molar-refractivity contribution < 1.29 is 4.79 Å². The summed E-state index contributed by atoms with van der Waals surface area (Å²) in [5, 5.41) is 5.63. The zero-order valence-corrected chi connectivity index (χ0v) is 12.9. The predicted molar refractivity (Wildman–Crippen MR) is 89.6 cm³/mol. The second kappa shape index (κ2) is 7.33. The van der Waals surface area contributed by atoms with Crippen LogP contribution in [0.15, 0.2) is 48.5 Å². The van der Waals surface area contributed by atoms with Gasteiger partial charge in [-0.15, -0.1) is 6.42 Å². The molecular weight excluding hydrogens is 272 g/mol. The lowest BCUT2D eigenvalue weighted by molar-refractivity contribution is 0.240. The summed E-state index contributed by atoms with van der Waals surface area (Å²) < 4.78 is 0. The third-order valence-electron chi connectivity index (χ3n) is 3.62. The number of hydrogen-bond donors (Lipinski definition) is 2. The van der Waals surface area contributed by atoms with Crippen LogP contribution in [0, 0.1) is 26.2 Å². The molecule has 2 amide bonds. The molecule has 0 bridgehead atoms. The van der Waals surface area contributed by atoms with Crippen LogP contribution in [-0.2, 0) is 0 Å². The van der Waals surface area contributed by atoms with Crippen LogP contribution >= 0.6 is 0 Å². The van der Waals surface area contributed by atoms with E-state index >= 15 is 0 Å². The van der Waals surface area contributed by atoms with Gasteiger partial charge in [0.15, 0.2) is 0 Å². The molecule has 0 aromatic heterocycles. The Morgan fingerprint density at radius 1 is 1.09 bits per heavy atom. The molecule has 22 heavy (non-hydrogen) atoms. The molecule has 2 aromatic carbocycles. The monoisotopic (exact) mass is 292 g/mol. The molecule has 0 heterocycles. The Kier molecular flexibility index (Phi) is 5.21. The average Bonchev–Trinajstić information content (AvgIpc) is 2.54. The number of nitrogens with one attached hydrogen (secondary N) is 2. The quantitative estimate of drug-likeness (QED) is 0.834. The van der Waals surface area contributed by atoms with Crippen molar-refractivity contribution in [1.29, 1.82) is 0 Å². The lowest BCUT2D eigenvalue weighted by Crippen LogP contribution is -2.38. The smallest absolute Gasteiger partial charge is 0.316 e. The van der Waals surface area contributed by atoms with Crippen LogP contribution in [0.3, 0.4) is 0 Å². The molecule has 0 aliphatic heterocycles. The van der Waals surface area contributed by atoms with Gasteiger partial charge in [0.25, 0.3) is 0 Å². The fraction of sp³-hybridized carbons (Fsp3) is 0.211. The summed E-state index contributed by atoms with van der Waals surface area (Å²) in [5.74, 6) is 2.40. The standard InChI is InChI=1S/C19H20N2O/c1-4-12-20-19(22)21-18(16-8-6-5-7-9-16)17-11-10-14(2)15(3)13-17/h1,5-11,13,18H,12H2,2-3H3,(H2,20,21,22)/t18-/m0/s1. The van der Waals surface area contributed by atoms with Gasteiger partial charge in [-0.25, -0.2) is 4.79 Å². The number of carbonyl (C=O) groups excluding carboxylic acids is 1. The highest BCUT2D eigenvalue weighted by molar-refractivity contribution is 5.75. The highest BCUT2D eigenvalue weighted by atomic mass is 16.2. The molecule has 3 nitrogen and oxygen atoms in total. The molecule has 0 saturated carbocycles. The highest BCUT2D eigenvalue weighted by Crippen LogP contribution is 2.23. The minimum atomic E-state index is -0.273. The van der Waals surface area contributed by atoms with Gasteiger partial charge in [-0.05, 0) is 36.1 Å². The predicted octanol–water partition coefficient (Wildman–Crippen LogP) is 3.33. The van der Waals surface area contributed by atoms with E-state index in [0.29, 0.717) is 0 Å². The third kappa shape index (κ3) is 3.89. The van der Waals surface area contributed by atoms with Gasteiger partial charge < -0.3 is 10.6 Å². The Morgan fingerprint density at radius 2 is 1.82 bits per heavy atom. The lowest BCUT2D eigenvalue weighted by Gasteiger charge is -2.21. The van der Waals surface area contributed by atoms with Gasteiger partial charge in [-0.3, -0.25) is 0 Å². The van der Waals surface area contributed by atoms with E-state index < -0.39 is 0 Å². The first kappa shape index (κ1) is 15.7. The molecule has 0 aliphatic carbocycles. The Hall–Kier alpha value is -2.73. The fourth-order valence-corrected chi connectivity index (χ4v) is 2.26. The number of terminal acetylenes is 1. The van der Waals surface area contributed by atoms with Gasteiger partial charge in [0.1, 0.15) is 0 Å². The van der Waals surface area contributed by atoms with E-state index in [1.54, 1.807) is 0 Å². The number of rotatable bonds is 4. The second-order valence-electron chi connectivity index (χ2n) is 5.22. The Labute approximate surface area is 131 Å². The maximum Gasteiger partial charge on any atom is 0.316 e. The number of urea groups is 1. The van der Waals surface area contributed by atoms with Crippen LogP contribution in [-0.4, -0.2) is 12.6 Å². The largest absolute Gasteiger partial charge is 0.327 e. The van der Waals surface area contributed by atoms with E-state index in [1.807, 2.05) is 36.4 Å². The van der Waals surface area contributed by atoms with Gasteiger partial charge in [0.05, 0.1) is 12.6 Å². The summed E-state index contributed by atoms with van der Waals surface area (Å²) in [6.45, 7) is 4.35. The van der Waals surface area contributed by atoms with E-state index in [4.69, 9.17) is 6.42 Å². The summed E-state index contributed by atoms with van der Waals surface area (Å²) in [6, 6.07) is 15.6. The second-order valence-corrected chi connectivity index (χ2v) is 5.22. The molecular formula is C19H20N2O. The first-order valence-electron chi connectivity index (χ1n) is 7.21. The molecule has 1 atom stereocenters. The van der Waals surface area contributed by atoms with Crippen LogP contribution in [0.5, 0.6) is 0 Å². The van der Waals surface area contributed by atoms with Crippen molar-refractivity contribution in [1.82, 2.24) is 10.6 Å². The third-order valence-corrected chi connectivity index (χ3v) is 3.62. The van der Waals surface area contributed by atoms with E-state index in [1.165, 1.54) is 11.1 Å². The van der Waals surface area contributed by atoms with Crippen molar-refractivity contribution in [2.75, 3.05) is 6.54 Å². The van der Waals surface area contributed by atoms with Crippen molar-refractivity contribution in [2.24, 2.45) is 0 Å². The molecule has 112 valence electrons. The van der Waals surface area contributed by atoms with Gasteiger partial charge in [0.2, 0.25) is 0 Å². The number of carbonyl (C=O) groups is 1. The molecule has 2 aromatic rings. The van der Waals surface area contributed by atoms with E-state index in [-0.39, 0.29) is 18.6 Å². The maximum absolute atomic E-state index is 12.0. The van der Waals surface area contributed by atoms with Crippen LogP contribution in [0.1, 0.15) is 28.3 Å². The normalized spacial score (nSPS) is 11.3. The van der Waals surface area contributed by atoms with Crippen molar-refractivity contribution in [3.63, 3.8) is 0 Å². The number of benzene rings is 2. The summed E-state index contributed by atoms with van der Waals surface area (Å²) in [5.41, 5.74) is 4.50. The lowest BCUT2D eigenvalue weighted by atomic mass is 9.96. The topological polar surface area (TPSA) is 41.1 Å². The van der Waals surface area contributed by atoms with Crippen molar-refractivity contribution in [3.05, 3.63) is 70.8 Å². The zero-order chi connectivity index (χ0) is 15.9. The Morgan fingerprint density at radius 3 is 2.45 bits per heavy atom. The molecule has 2 rings (SSSR count). The zero-order valence-electron chi connectivity index (χ0n) is 12.9. The maximum atomic E-state index is 12.0.